The number of hydrogen-bond acceptors (Lipinski definition) is 2. The molecule has 4 nitrogen and oxygen atoms in total. The number of nitrogens with one attached hydrogen (secondary N) is 1. The fraction of sp³-hybridized carbons (Fsp3) is 0.529. The first-order chi connectivity index (χ1) is 11.0. The maximum atomic E-state index is 11.5. The monoisotopic (exact) mass is 354 g/mol. The van der Waals surface area contributed by atoms with Crippen molar-refractivity contribution in [2.45, 2.75) is 32.6 Å². The Morgan fingerprint density at radius 1 is 1.48 bits per heavy atom. The number of halogens is 1. The Kier molecular flexibility index (Phi) is 6.66. The summed E-state index contributed by atoms with van der Waals surface area (Å²) < 4.78 is 0. The molecule has 0 aromatic heterocycles. The first kappa shape index (κ1) is 18.0. The smallest absolute Gasteiger partial charge is 0.306 e. The molecule has 2 rings (SSSR count). The van der Waals surface area contributed by atoms with Gasteiger partial charge in [-0.3, -0.25) is 4.79 Å². The summed E-state index contributed by atoms with van der Waals surface area (Å²) in [6.45, 7) is 3.60. The van der Waals surface area contributed by atoms with E-state index in [1.165, 1.54) is 0 Å². The number of carboxylic acid groups (broad SMARTS) is 1. The van der Waals surface area contributed by atoms with Crippen LogP contribution in [0.1, 0.15) is 32.6 Å². The van der Waals surface area contributed by atoms with Gasteiger partial charge in [0.2, 0.25) is 0 Å². The van der Waals surface area contributed by atoms with Crippen molar-refractivity contribution in [1.29, 1.82) is 0 Å². The number of aliphatic carboxylic acids is 1. The third-order valence-electron chi connectivity index (χ3n) is 4.36. The zero-order valence-electron chi connectivity index (χ0n) is 13.3. The molecule has 1 aliphatic rings. The fourth-order valence-corrected chi connectivity index (χ4v) is 3.43. The summed E-state index contributed by atoms with van der Waals surface area (Å²) in [5, 5.41) is 14.0. The van der Waals surface area contributed by atoms with Gasteiger partial charge in [-0.1, -0.05) is 31.4 Å². The summed E-state index contributed by atoms with van der Waals surface area (Å²) in [5.41, 5.74) is 0.892. The third-order valence-corrected chi connectivity index (χ3v) is 4.97. The van der Waals surface area contributed by atoms with Gasteiger partial charge in [-0.05, 0) is 55.2 Å². The van der Waals surface area contributed by atoms with Crippen LogP contribution in [0.2, 0.25) is 5.02 Å². The number of nitrogens with zero attached hydrogens (tertiary/aromatic N) is 1. The molecule has 23 heavy (non-hydrogen) atoms. The van der Waals surface area contributed by atoms with Crippen LogP contribution in [0.3, 0.4) is 0 Å². The van der Waals surface area contributed by atoms with E-state index in [1.54, 1.807) is 0 Å². The van der Waals surface area contributed by atoms with Crippen molar-refractivity contribution >= 4 is 40.6 Å². The molecule has 1 fully saturated rings. The van der Waals surface area contributed by atoms with Gasteiger partial charge in [0.25, 0.3) is 0 Å². The second-order valence-electron chi connectivity index (χ2n) is 6.02. The maximum absolute atomic E-state index is 11.5. The van der Waals surface area contributed by atoms with Crippen LogP contribution in [-0.2, 0) is 4.79 Å². The Morgan fingerprint density at radius 3 is 2.78 bits per heavy atom. The number of hydrogen-bond donors (Lipinski definition) is 2. The van der Waals surface area contributed by atoms with Crippen LogP contribution >= 0.6 is 23.8 Å². The van der Waals surface area contributed by atoms with Crippen molar-refractivity contribution in [3.63, 3.8) is 0 Å². The number of carboxylic acids is 1. The lowest BCUT2D eigenvalue weighted by atomic mass is 9.87. The molecular weight excluding hydrogens is 332 g/mol. The Labute approximate surface area is 147 Å². The molecule has 1 aliphatic heterocycles. The zero-order chi connectivity index (χ0) is 16.8. The zero-order valence-corrected chi connectivity index (χ0v) is 14.9. The number of thiocarbonyl (C=S) groups is 1. The highest BCUT2D eigenvalue weighted by atomic mass is 35.5. The van der Waals surface area contributed by atoms with E-state index >= 15 is 0 Å². The summed E-state index contributed by atoms with van der Waals surface area (Å²) in [6, 6.07) is 7.38. The van der Waals surface area contributed by atoms with Gasteiger partial charge in [-0.15, -0.1) is 0 Å². The van der Waals surface area contributed by atoms with E-state index < -0.39 is 5.97 Å². The molecule has 0 saturated carbocycles. The van der Waals surface area contributed by atoms with E-state index in [1.807, 2.05) is 24.3 Å². The first-order valence-electron chi connectivity index (χ1n) is 8.05. The molecule has 0 spiro atoms. The Balaban J connectivity index is 1.91. The van der Waals surface area contributed by atoms with Gasteiger partial charge in [0.1, 0.15) is 0 Å². The fourth-order valence-electron chi connectivity index (χ4n) is 3.02. The van der Waals surface area contributed by atoms with Crippen molar-refractivity contribution in [2.75, 3.05) is 18.4 Å². The van der Waals surface area contributed by atoms with Crippen LogP contribution in [0.4, 0.5) is 5.69 Å². The molecule has 1 heterocycles. The summed E-state index contributed by atoms with van der Waals surface area (Å²) in [6.07, 6.45) is 3.61. The minimum Gasteiger partial charge on any atom is -0.481 e. The normalized spacial score (nSPS) is 18.7. The Hall–Kier alpha value is -1.33. The standard InChI is InChI=1S/C17H23ClN2O2S/c1-2-3-4-15(16(21)22)12-9-10-20(11-12)17(23)19-14-7-5-13(18)6-8-14/h5-8,12,15H,2-4,9-11H2,1H3,(H,19,23)(H,21,22)/t12-,15?/m1/s1. The highest BCUT2D eigenvalue weighted by molar-refractivity contribution is 7.80. The molecule has 126 valence electrons. The van der Waals surface area contributed by atoms with Crippen molar-refractivity contribution < 1.29 is 9.90 Å². The van der Waals surface area contributed by atoms with Crippen LogP contribution in [0.15, 0.2) is 24.3 Å². The van der Waals surface area contributed by atoms with E-state index in [2.05, 4.69) is 17.1 Å². The quantitative estimate of drug-likeness (QED) is 0.748. The van der Waals surface area contributed by atoms with Gasteiger partial charge in [0.15, 0.2) is 5.11 Å². The highest BCUT2D eigenvalue weighted by Crippen LogP contribution is 2.29. The molecule has 1 unspecified atom stereocenters. The minimum absolute atomic E-state index is 0.170. The van der Waals surface area contributed by atoms with E-state index in [0.717, 1.165) is 37.9 Å². The molecular formula is C17H23ClN2O2S. The van der Waals surface area contributed by atoms with Gasteiger partial charge in [-0.2, -0.15) is 0 Å². The number of benzene rings is 1. The number of unbranched alkanes of at least 4 members (excludes halogenated alkanes) is 1. The van der Waals surface area contributed by atoms with Gasteiger partial charge < -0.3 is 15.3 Å². The van der Waals surface area contributed by atoms with Gasteiger partial charge in [0.05, 0.1) is 5.92 Å². The number of anilines is 1. The predicted molar refractivity (Wildman–Crippen MR) is 98.0 cm³/mol. The minimum atomic E-state index is -0.679. The SMILES string of the molecule is CCCCC(C(=O)O)[C@@H]1CCN(C(=S)Nc2ccc(Cl)cc2)C1. The van der Waals surface area contributed by atoms with E-state index in [9.17, 15) is 9.90 Å². The highest BCUT2D eigenvalue weighted by Gasteiger charge is 2.34. The van der Waals surface area contributed by atoms with Crippen LogP contribution in [0.5, 0.6) is 0 Å². The molecule has 0 aliphatic carbocycles. The first-order valence-corrected chi connectivity index (χ1v) is 8.84. The van der Waals surface area contributed by atoms with Crippen molar-refractivity contribution in [3.8, 4) is 0 Å². The van der Waals surface area contributed by atoms with Crippen molar-refractivity contribution in [3.05, 3.63) is 29.3 Å². The molecule has 2 atom stereocenters. The van der Waals surface area contributed by atoms with E-state index in [4.69, 9.17) is 23.8 Å². The van der Waals surface area contributed by atoms with Crippen LogP contribution in [-0.4, -0.2) is 34.2 Å². The summed E-state index contributed by atoms with van der Waals surface area (Å²) >= 11 is 11.3. The molecule has 1 saturated heterocycles. The predicted octanol–water partition coefficient (Wildman–Crippen LogP) is 4.25. The molecule has 1 aromatic carbocycles. The van der Waals surface area contributed by atoms with Gasteiger partial charge >= 0.3 is 5.97 Å². The summed E-state index contributed by atoms with van der Waals surface area (Å²) in [5.74, 6) is -0.774. The van der Waals surface area contributed by atoms with Crippen molar-refractivity contribution in [1.82, 2.24) is 4.90 Å². The number of likely N-dealkylation sites (tertiary alicyclic amines) is 1. The van der Waals surface area contributed by atoms with Gasteiger partial charge in [0, 0.05) is 23.8 Å². The van der Waals surface area contributed by atoms with Crippen molar-refractivity contribution in [2.24, 2.45) is 11.8 Å². The molecule has 2 N–H and O–H groups in total. The van der Waals surface area contributed by atoms with E-state index in [0.29, 0.717) is 16.7 Å². The maximum Gasteiger partial charge on any atom is 0.306 e. The lowest BCUT2D eigenvalue weighted by molar-refractivity contribution is -0.143. The average molecular weight is 355 g/mol. The number of carbonyl (C=O) groups is 1. The molecule has 0 bridgehead atoms. The van der Waals surface area contributed by atoms with Crippen LogP contribution < -0.4 is 5.32 Å². The topological polar surface area (TPSA) is 52.6 Å². The summed E-state index contributed by atoms with van der Waals surface area (Å²) in [4.78, 5) is 13.6. The Bertz CT molecular complexity index is 550. The molecule has 1 aromatic rings. The Morgan fingerprint density at radius 2 is 2.17 bits per heavy atom. The molecule has 0 amide bonds. The largest absolute Gasteiger partial charge is 0.481 e. The second kappa shape index (κ2) is 8.50. The summed E-state index contributed by atoms with van der Waals surface area (Å²) in [7, 11) is 0. The van der Waals surface area contributed by atoms with E-state index in [-0.39, 0.29) is 11.8 Å². The molecule has 6 heteroatoms. The lowest BCUT2D eigenvalue weighted by Gasteiger charge is -2.23. The average Bonchev–Trinajstić information content (AvgIpc) is 2.99. The van der Waals surface area contributed by atoms with Crippen LogP contribution in [0, 0.1) is 11.8 Å². The number of rotatable bonds is 6. The lowest BCUT2D eigenvalue weighted by Crippen LogP contribution is -2.34. The van der Waals surface area contributed by atoms with Crippen LogP contribution in [0.25, 0.3) is 0 Å². The van der Waals surface area contributed by atoms with Gasteiger partial charge in [-0.25, -0.2) is 0 Å². The third kappa shape index (κ3) is 5.08. The molecule has 0 radical (unpaired) electrons. The second-order valence-corrected chi connectivity index (χ2v) is 6.84.